The third kappa shape index (κ3) is 5.56. The Balaban J connectivity index is 0.00000256. The summed E-state index contributed by atoms with van der Waals surface area (Å²) in [6, 6.07) is 0.205. The minimum atomic E-state index is 0. The maximum atomic E-state index is 11.2. The summed E-state index contributed by atoms with van der Waals surface area (Å²) in [5.74, 6) is 1.09. The van der Waals surface area contributed by atoms with Crippen LogP contribution in [0.5, 0.6) is 0 Å². The predicted molar refractivity (Wildman–Crippen MR) is 80.9 cm³/mol. The number of carbonyl (C=O) groups is 1. The van der Waals surface area contributed by atoms with Crippen LogP contribution in [0.2, 0.25) is 0 Å². The van der Waals surface area contributed by atoms with Gasteiger partial charge in [0.1, 0.15) is 0 Å². The van der Waals surface area contributed by atoms with Gasteiger partial charge in [-0.2, -0.15) is 0 Å². The number of hydrogen-bond donors (Lipinski definition) is 1. The van der Waals surface area contributed by atoms with E-state index in [1.807, 2.05) is 38.0 Å². The molecule has 0 bridgehead atoms. The highest BCUT2D eigenvalue weighted by molar-refractivity contribution is 14.0. The number of piperidine rings is 1. The quantitative estimate of drug-likeness (QED) is 0.452. The topological polar surface area (TPSA) is 47.9 Å². The van der Waals surface area contributed by atoms with Crippen molar-refractivity contribution in [3.8, 4) is 0 Å². The zero-order valence-corrected chi connectivity index (χ0v) is 13.4. The van der Waals surface area contributed by atoms with E-state index in [2.05, 4.69) is 10.3 Å². The minimum absolute atomic E-state index is 0. The zero-order chi connectivity index (χ0) is 12.1. The van der Waals surface area contributed by atoms with Crippen LogP contribution < -0.4 is 5.32 Å². The van der Waals surface area contributed by atoms with Crippen molar-refractivity contribution in [3.63, 3.8) is 0 Å². The molecule has 1 amide bonds. The van der Waals surface area contributed by atoms with Gasteiger partial charge in [-0.1, -0.05) is 0 Å². The maximum Gasteiger partial charge on any atom is 0.220 e. The molecule has 1 heterocycles. The van der Waals surface area contributed by atoms with E-state index >= 15 is 0 Å². The molecule has 0 radical (unpaired) electrons. The molecule has 0 saturated carbocycles. The monoisotopic (exact) mass is 354 g/mol. The lowest BCUT2D eigenvalue weighted by Gasteiger charge is -2.25. The summed E-state index contributed by atoms with van der Waals surface area (Å²) in [6.07, 6.45) is 2.67. The van der Waals surface area contributed by atoms with E-state index in [1.165, 1.54) is 0 Å². The normalized spacial score (nSPS) is 18.8. The van der Waals surface area contributed by atoms with E-state index in [-0.39, 0.29) is 35.9 Å². The van der Waals surface area contributed by atoms with Gasteiger partial charge in [0.15, 0.2) is 5.96 Å². The highest BCUT2D eigenvalue weighted by Gasteiger charge is 2.17. The Kier molecular flexibility index (Phi) is 7.49. The first-order valence-corrected chi connectivity index (χ1v) is 5.69. The van der Waals surface area contributed by atoms with Gasteiger partial charge in [0.05, 0.1) is 6.54 Å². The van der Waals surface area contributed by atoms with E-state index in [9.17, 15) is 4.79 Å². The van der Waals surface area contributed by atoms with Crippen LogP contribution in [-0.2, 0) is 4.79 Å². The highest BCUT2D eigenvalue weighted by Crippen LogP contribution is 2.08. The van der Waals surface area contributed by atoms with Crippen molar-refractivity contribution in [1.82, 2.24) is 15.1 Å². The van der Waals surface area contributed by atoms with Gasteiger partial charge in [-0.15, -0.1) is 24.0 Å². The third-order valence-electron chi connectivity index (χ3n) is 2.57. The fourth-order valence-corrected chi connectivity index (χ4v) is 1.89. The molecular weight excluding hydrogens is 331 g/mol. The number of nitrogens with zero attached hydrogens (tertiary/aromatic N) is 3. The molecule has 1 saturated heterocycles. The van der Waals surface area contributed by atoms with Crippen molar-refractivity contribution < 1.29 is 4.79 Å². The molecule has 0 aromatic heterocycles. The number of carbonyl (C=O) groups excluding carboxylic acids is 1. The molecule has 1 fully saturated rings. The average molecular weight is 354 g/mol. The molecule has 100 valence electrons. The van der Waals surface area contributed by atoms with Crippen LogP contribution in [0.3, 0.4) is 0 Å². The largest absolute Gasteiger partial charge is 0.352 e. The first-order chi connectivity index (χ1) is 7.50. The van der Waals surface area contributed by atoms with E-state index in [1.54, 1.807) is 0 Å². The molecule has 1 N–H and O–H groups in total. The van der Waals surface area contributed by atoms with Crippen molar-refractivity contribution in [2.45, 2.75) is 25.3 Å². The van der Waals surface area contributed by atoms with Crippen LogP contribution in [0.25, 0.3) is 0 Å². The molecule has 1 unspecified atom stereocenters. The smallest absolute Gasteiger partial charge is 0.220 e. The Morgan fingerprint density at radius 2 is 1.94 bits per heavy atom. The van der Waals surface area contributed by atoms with Crippen LogP contribution in [0.1, 0.15) is 19.3 Å². The Labute approximate surface area is 121 Å². The second-order valence-electron chi connectivity index (χ2n) is 4.59. The van der Waals surface area contributed by atoms with Crippen LogP contribution >= 0.6 is 24.0 Å². The van der Waals surface area contributed by atoms with Gasteiger partial charge in [0.2, 0.25) is 5.91 Å². The van der Waals surface area contributed by atoms with E-state index < -0.39 is 0 Å². The molecule has 1 rings (SSSR count). The molecule has 0 aliphatic carbocycles. The predicted octanol–water partition coefficient (Wildman–Crippen LogP) is 0.752. The summed E-state index contributed by atoms with van der Waals surface area (Å²) < 4.78 is 0. The third-order valence-corrected chi connectivity index (χ3v) is 2.57. The summed E-state index contributed by atoms with van der Waals surface area (Å²) in [6.45, 7) is 0.664. The second-order valence-corrected chi connectivity index (χ2v) is 4.59. The number of aliphatic imine (C=N–C) groups is 1. The molecular formula is C11H23IN4O. The number of rotatable bonds is 2. The standard InChI is InChI=1S/C11H22N4O.HI/c1-14(2)11(15(3)4)12-8-9-6-5-7-10(16)13-9;/h9H,5-8H2,1-4H3,(H,13,16);1H. The Morgan fingerprint density at radius 3 is 2.41 bits per heavy atom. The van der Waals surface area contributed by atoms with Gasteiger partial charge >= 0.3 is 0 Å². The summed E-state index contributed by atoms with van der Waals surface area (Å²) in [4.78, 5) is 19.7. The molecule has 5 nitrogen and oxygen atoms in total. The molecule has 6 heteroatoms. The van der Waals surface area contributed by atoms with E-state index in [0.29, 0.717) is 13.0 Å². The first kappa shape index (κ1) is 16.5. The van der Waals surface area contributed by atoms with Gasteiger partial charge in [0, 0.05) is 40.7 Å². The number of guanidine groups is 1. The van der Waals surface area contributed by atoms with Gasteiger partial charge in [-0.05, 0) is 12.8 Å². The SMILES string of the molecule is CN(C)C(=NCC1CCCC(=O)N1)N(C)C.I. The lowest BCUT2D eigenvalue weighted by atomic mass is 10.0. The van der Waals surface area contributed by atoms with Gasteiger partial charge in [0.25, 0.3) is 0 Å². The molecule has 0 aromatic carbocycles. The van der Waals surface area contributed by atoms with Gasteiger partial charge in [-0.25, -0.2) is 0 Å². The highest BCUT2D eigenvalue weighted by atomic mass is 127. The van der Waals surface area contributed by atoms with Crippen molar-refractivity contribution >= 4 is 35.8 Å². The fourth-order valence-electron chi connectivity index (χ4n) is 1.89. The molecule has 17 heavy (non-hydrogen) atoms. The minimum Gasteiger partial charge on any atom is -0.352 e. The number of halogens is 1. The summed E-state index contributed by atoms with van der Waals surface area (Å²) in [7, 11) is 7.88. The van der Waals surface area contributed by atoms with Crippen molar-refractivity contribution in [2.24, 2.45) is 4.99 Å². The van der Waals surface area contributed by atoms with Crippen LogP contribution in [0.15, 0.2) is 4.99 Å². The summed E-state index contributed by atoms with van der Waals surface area (Å²) in [5, 5.41) is 2.97. The lowest BCUT2D eigenvalue weighted by molar-refractivity contribution is -0.123. The van der Waals surface area contributed by atoms with Crippen molar-refractivity contribution in [3.05, 3.63) is 0 Å². The first-order valence-electron chi connectivity index (χ1n) is 5.69. The fraction of sp³-hybridized carbons (Fsp3) is 0.818. The Hall–Kier alpha value is -0.530. The van der Waals surface area contributed by atoms with Crippen molar-refractivity contribution in [1.29, 1.82) is 0 Å². The Bertz CT molecular complexity index is 269. The summed E-state index contributed by atoms with van der Waals surface area (Å²) in [5.41, 5.74) is 0. The van der Waals surface area contributed by atoms with Crippen LogP contribution in [0.4, 0.5) is 0 Å². The molecule has 1 aliphatic heterocycles. The molecule has 1 atom stereocenters. The summed E-state index contributed by atoms with van der Waals surface area (Å²) >= 11 is 0. The number of hydrogen-bond acceptors (Lipinski definition) is 2. The van der Waals surface area contributed by atoms with Gasteiger partial charge < -0.3 is 15.1 Å². The Morgan fingerprint density at radius 1 is 1.35 bits per heavy atom. The number of amides is 1. The lowest BCUT2D eigenvalue weighted by Crippen LogP contribution is -2.42. The van der Waals surface area contributed by atoms with Crippen LogP contribution in [0, 0.1) is 0 Å². The second kappa shape index (κ2) is 7.73. The molecule has 0 aromatic rings. The van der Waals surface area contributed by atoms with E-state index in [4.69, 9.17) is 0 Å². The number of nitrogens with one attached hydrogen (secondary N) is 1. The van der Waals surface area contributed by atoms with Crippen molar-refractivity contribution in [2.75, 3.05) is 34.7 Å². The molecule has 0 spiro atoms. The maximum absolute atomic E-state index is 11.2. The van der Waals surface area contributed by atoms with E-state index in [0.717, 1.165) is 18.8 Å². The zero-order valence-electron chi connectivity index (χ0n) is 11.1. The molecule has 1 aliphatic rings. The average Bonchev–Trinajstić information content (AvgIpc) is 2.16. The van der Waals surface area contributed by atoms with Crippen LogP contribution in [-0.4, -0.2) is 62.4 Å². The van der Waals surface area contributed by atoms with Gasteiger partial charge in [-0.3, -0.25) is 9.79 Å².